The summed E-state index contributed by atoms with van der Waals surface area (Å²) in [7, 11) is 0. The highest BCUT2D eigenvalue weighted by molar-refractivity contribution is 5.82. The quantitative estimate of drug-likeness (QED) is 0.804. The van der Waals surface area contributed by atoms with Crippen LogP contribution in [0.15, 0.2) is 0 Å². The zero-order valence-corrected chi connectivity index (χ0v) is 11.5. The smallest absolute Gasteiger partial charge is 0.322 e. The van der Waals surface area contributed by atoms with Crippen molar-refractivity contribution in [1.82, 2.24) is 10.2 Å². The van der Waals surface area contributed by atoms with Crippen molar-refractivity contribution < 1.29 is 14.7 Å². The molecule has 1 aliphatic carbocycles. The first kappa shape index (κ1) is 14.3. The van der Waals surface area contributed by atoms with Crippen LogP contribution in [-0.4, -0.2) is 48.1 Å². The minimum atomic E-state index is -0.992. The van der Waals surface area contributed by atoms with Gasteiger partial charge in [-0.25, -0.2) is 0 Å². The van der Waals surface area contributed by atoms with E-state index in [4.69, 9.17) is 5.11 Å². The molecule has 0 aromatic carbocycles. The van der Waals surface area contributed by atoms with Gasteiger partial charge in [-0.3, -0.25) is 14.5 Å². The Morgan fingerprint density at radius 1 is 1.05 bits per heavy atom. The monoisotopic (exact) mass is 268 g/mol. The van der Waals surface area contributed by atoms with E-state index in [2.05, 4.69) is 10.2 Å². The number of carbonyl (C=O) groups excluding carboxylic acids is 1. The van der Waals surface area contributed by atoms with E-state index >= 15 is 0 Å². The van der Waals surface area contributed by atoms with E-state index in [-0.39, 0.29) is 12.5 Å². The third-order valence-electron chi connectivity index (χ3n) is 4.63. The van der Waals surface area contributed by atoms with E-state index < -0.39 is 5.97 Å². The average Bonchev–Trinajstić information content (AvgIpc) is 2.40. The van der Waals surface area contributed by atoms with Gasteiger partial charge in [0.25, 0.3) is 0 Å². The van der Waals surface area contributed by atoms with Crippen LogP contribution in [0.2, 0.25) is 0 Å². The SMILES string of the molecule is O=C(O)CNC(=O)CN1CCC2(CCCCC2)CC1. The summed E-state index contributed by atoms with van der Waals surface area (Å²) in [6, 6.07) is 0. The molecular weight excluding hydrogens is 244 g/mol. The number of rotatable bonds is 4. The molecule has 1 heterocycles. The Hall–Kier alpha value is -1.10. The molecule has 5 nitrogen and oxygen atoms in total. The maximum Gasteiger partial charge on any atom is 0.322 e. The Bertz CT molecular complexity index is 328. The van der Waals surface area contributed by atoms with Crippen LogP contribution < -0.4 is 5.32 Å². The lowest BCUT2D eigenvalue weighted by Crippen LogP contribution is -2.45. The second-order valence-corrected chi connectivity index (χ2v) is 6.01. The van der Waals surface area contributed by atoms with Gasteiger partial charge in [0.1, 0.15) is 6.54 Å². The first-order valence-corrected chi connectivity index (χ1v) is 7.31. The van der Waals surface area contributed by atoms with Crippen molar-refractivity contribution in [2.75, 3.05) is 26.2 Å². The summed E-state index contributed by atoms with van der Waals surface area (Å²) in [5, 5.41) is 10.9. The molecule has 19 heavy (non-hydrogen) atoms. The Morgan fingerprint density at radius 3 is 2.26 bits per heavy atom. The molecule has 2 fully saturated rings. The summed E-state index contributed by atoms with van der Waals surface area (Å²) < 4.78 is 0. The van der Waals surface area contributed by atoms with Crippen LogP contribution in [0, 0.1) is 5.41 Å². The van der Waals surface area contributed by atoms with Crippen LogP contribution in [0.1, 0.15) is 44.9 Å². The molecule has 2 aliphatic rings. The van der Waals surface area contributed by atoms with Gasteiger partial charge in [0, 0.05) is 0 Å². The molecule has 1 saturated heterocycles. The van der Waals surface area contributed by atoms with E-state index in [1.165, 1.54) is 44.9 Å². The largest absolute Gasteiger partial charge is 0.480 e. The third kappa shape index (κ3) is 4.20. The number of amides is 1. The van der Waals surface area contributed by atoms with Crippen molar-refractivity contribution in [3.05, 3.63) is 0 Å². The Kier molecular flexibility index (Phi) is 4.80. The number of hydrogen-bond donors (Lipinski definition) is 2. The Morgan fingerprint density at radius 2 is 1.68 bits per heavy atom. The van der Waals surface area contributed by atoms with Gasteiger partial charge in [-0.2, -0.15) is 0 Å². The summed E-state index contributed by atoms with van der Waals surface area (Å²) in [4.78, 5) is 24.1. The lowest BCUT2D eigenvalue weighted by Gasteiger charge is -2.44. The summed E-state index contributed by atoms with van der Waals surface area (Å²) in [6.45, 7) is 2.00. The van der Waals surface area contributed by atoms with E-state index in [1.54, 1.807) is 0 Å². The van der Waals surface area contributed by atoms with Crippen molar-refractivity contribution in [3.63, 3.8) is 0 Å². The normalized spacial score (nSPS) is 23.2. The molecule has 0 aromatic rings. The molecule has 1 spiro atoms. The van der Waals surface area contributed by atoms with Gasteiger partial charge in [-0.1, -0.05) is 19.3 Å². The first-order valence-electron chi connectivity index (χ1n) is 7.31. The van der Waals surface area contributed by atoms with E-state index in [1.807, 2.05) is 0 Å². The molecule has 2 rings (SSSR count). The number of hydrogen-bond acceptors (Lipinski definition) is 3. The van der Waals surface area contributed by atoms with Crippen molar-refractivity contribution in [2.45, 2.75) is 44.9 Å². The number of nitrogens with zero attached hydrogens (tertiary/aromatic N) is 1. The second kappa shape index (κ2) is 6.37. The van der Waals surface area contributed by atoms with Gasteiger partial charge >= 0.3 is 5.97 Å². The van der Waals surface area contributed by atoms with Crippen LogP contribution in [-0.2, 0) is 9.59 Å². The van der Waals surface area contributed by atoms with E-state index in [0.29, 0.717) is 12.0 Å². The second-order valence-electron chi connectivity index (χ2n) is 6.01. The minimum absolute atomic E-state index is 0.179. The van der Waals surface area contributed by atoms with Gasteiger partial charge in [-0.15, -0.1) is 0 Å². The molecule has 0 bridgehead atoms. The summed E-state index contributed by atoms with van der Waals surface area (Å²) >= 11 is 0. The molecule has 1 saturated carbocycles. The van der Waals surface area contributed by atoms with Gasteiger partial charge in [0.2, 0.25) is 5.91 Å². The molecule has 0 radical (unpaired) electrons. The fraction of sp³-hybridized carbons (Fsp3) is 0.857. The predicted octanol–water partition coefficient (Wildman–Crippen LogP) is 1.23. The lowest BCUT2D eigenvalue weighted by atomic mass is 9.68. The number of piperidine rings is 1. The minimum Gasteiger partial charge on any atom is -0.480 e. The van der Waals surface area contributed by atoms with E-state index in [0.717, 1.165) is 13.1 Å². The molecule has 0 unspecified atom stereocenters. The number of carboxylic acids is 1. The van der Waals surface area contributed by atoms with E-state index in [9.17, 15) is 9.59 Å². The molecule has 1 aliphatic heterocycles. The standard InChI is InChI=1S/C14H24N2O3/c17-12(15-10-13(18)19)11-16-8-6-14(7-9-16)4-2-1-3-5-14/h1-11H2,(H,15,17)(H,18,19). The molecule has 5 heteroatoms. The first-order chi connectivity index (χ1) is 9.10. The number of carboxylic acid groups (broad SMARTS) is 1. The maximum atomic E-state index is 11.6. The highest BCUT2D eigenvalue weighted by Gasteiger charge is 2.35. The van der Waals surface area contributed by atoms with Crippen molar-refractivity contribution in [3.8, 4) is 0 Å². The van der Waals surface area contributed by atoms with Gasteiger partial charge in [0.05, 0.1) is 6.54 Å². The zero-order chi connectivity index (χ0) is 13.7. The summed E-state index contributed by atoms with van der Waals surface area (Å²) in [5.74, 6) is -1.17. The molecular formula is C14H24N2O3. The van der Waals surface area contributed by atoms with Crippen LogP contribution in [0.25, 0.3) is 0 Å². The summed E-state index contributed by atoms with van der Waals surface area (Å²) in [6.07, 6.45) is 9.19. The highest BCUT2D eigenvalue weighted by Crippen LogP contribution is 2.44. The fourth-order valence-electron chi connectivity index (χ4n) is 3.42. The van der Waals surface area contributed by atoms with Crippen LogP contribution >= 0.6 is 0 Å². The number of likely N-dealkylation sites (tertiary alicyclic amines) is 1. The topological polar surface area (TPSA) is 69.6 Å². The van der Waals surface area contributed by atoms with Crippen molar-refractivity contribution >= 4 is 11.9 Å². The fourth-order valence-corrected chi connectivity index (χ4v) is 3.42. The van der Waals surface area contributed by atoms with Gasteiger partial charge in [0.15, 0.2) is 0 Å². The number of aliphatic carboxylic acids is 1. The van der Waals surface area contributed by atoms with Crippen molar-refractivity contribution in [2.24, 2.45) is 5.41 Å². The average molecular weight is 268 g/mol. The van der Waals surface area contributed by atoms with Gasteiger partial charge < -0.3 is 10.4 Å². The van der Waals surface area contributed by atoms with Gasteiger partial charge in [-0.05, 0) is 44.2 Å². The molecule has 0 aromatic heterocycles. The lowest BCUT2D eigenvalue weighted by molar-refractivity contribution is -0.138. The molecule has 0 atom stereocenters. The molecule has 1 amide bonds. The summed E-state index contributed by atoms with van der Waals surface area (Å²) in [5.41, 5.74) is 0.548. The Balaban J connectivity index is 1.71. The van der Waals surface area contributed by atoms with Crippen LogP contribution in [0.3, 0.4) is 0 Å². The predicted molar refractivity (Wildman–Crippen MR) is 71.8 cm³/mol. The van der Waals surface area contributed by atoms with Crippen molar-refractivity contribution in [1.29, 1.82) is 0 Å². The molecule has 108 valence electrons. The highest BCUT2D eigenvalue weighted by atomic mass is 16.4. The number of carbonyl (C=O) groups is 2. The number of nitrogens with one attached hydrogen (secondary N) is 1. The third-order valence-corrected chi connectivity index (χ3v) is 4.63. The molecule has 2 N–H and O–H groups in total. The zero-order valence-electron chi connectivity index (χ0n) is 11.5. The Labute approximate surface area is 114 Å². The van der Waals surface area contributed by atoms with Crippen LogP contribution in [0.4, 0.5) is 0 Å². The maximum absolute atomic E-state index is 11.6. The van der Waals surface area contributed by atoms with Crippen LogP contribution in [0.5, 0.6) is 0 Å².